The second-order valence-electron chi connectivity index (χ2n) is 8.14. The van der Waals surface area contributed by atoms with Crippen molar-refractivity contribution in [2.75, 3.05) is 13.1 Å². The number of hydrogen-bond donors (Lipinski definition) is 3. The normalized spacial score (nSPS) is 20.3. The maximum atomic E-state index is 13.1. The van der Waals surface area contributed by atoms with Gasteiger partial charge in [0.2, 0.25) is 5.88 Å². The zero-order valence-corrected chi connectivity index (χ0v) is 15.9. The number of hydrogen-bond acceptors (Lipinski definition) is 5. The van der Waals surface area contributed by atoms with Crippen molar-refractivity contribution in [3.05, 3.63) is 27.7 Å². The topological polar surface area (TPSA) is 101 Å². The largest absolute Gasteiger partial charge is 0.492 e. The second-order valence-corrected chi connectivity index (χ2v) is 8.14. The van der Waals surface area contributed by atoms with Gasteiger partial charge in [-0.25, -0.2) is 0 Å². The quantitative estimate of drug-likeness (QED) is 0.732. The fraction of sp³-hybridized carbons (Fsp3) is 0.632. The fourth-order valence-electron chi connectivity index (χ4n) is 3.71. The minimum atomic E-state index is -0.518. The Bertz CT molecular complexity index is 920. The van der Waals surface area contributed by atoms with Gasteiger partial charge >= 0.3 is 0 Å². The van der Waals surface area contributed by atoms with Crippen LogP contribution in [0.5, 0.6) is 5.88 Å². The number of fused-ring (bicyclic) bond motifs is 1. The maximum absolute atomic E-state index is 13.1. The standard InChI is InChI=1S/C19H27N5O3/c1-11(2)10-23-15-8-14(12-4-3-7-20-9-12)22-24(15)19(27)16(18(23)26)17(25)21-13-5-6-13/h8,11-13,20,27H,3-7,9-10H2,1-2H3,(H,21,25). The number of carbonyl (C=O) groups excluding carboxylic acids is 1. The van der Waals surface area contributed by atoms with Crippen LogP contribution in [0.3, 0.4) is 0 Å². The molecule has 27 heavy (non-hydrogen) atoms. The molecule has 0 bridgehead atoms. The highest BCUT2D eigenvalue weighted by atomic mass is 16.3. The number of aromatic nitrogens is 3. The number of nitrogens with zero attached hydrogens (tertiary/aromatic N) is 3. The highest BCUT2D eigenvalue weighted by Crippen LogP contribution is 2.26. The molecular formula is C19H27N5O3. The van der Waals surface area contributed by atoms with Crippen LogP contribution in [0, 0.1) is 5.92 Å². The summed E-state index contributed by atoms with van der Waals surface area (Å²) in [5.74, 6) is -0.437. The summed E-state index contributed by atoms with van der Waals surface area (Å²) >= 11 is 0. The SMILES string of the molecule is CC(C)Cn1c(=O)c(C(=O)NC2CC2)c(O)n2nc(C3CCCNC3)cc12. The van der Waals surface area contributed by atoms with E-state index < -0.39 is 11.5 Å². The lowest BCUT2D eigenvalue weighted by Crippen LogP contribution is -2.36. The Kier molecular flexibility index (Phi) is 4.67. The molecule has 1 aliphatic heterocycles. The van der Waals surface area contributed by atoms with Crippen molar-refractivity contribution >= 4 is 11.6 Å². The van der Waals surface area contributed by atoms with E-state index in [0.717, 1.165) is 44.5 Å². The summed E-state index contributed by atoms with van der Waals surface area (Å²) in [6.45, 7) is 6.32. The Hall–Kier alpha value is -2.35. The minimum absolute atomic E-state index is 0.104. The molecule has 146 valence electrons. The van der Waals surface area contributed by atoms with E-state index in [9.17, 15) is 14.7 Å². The molecule has 2 fully saturated rings. The molecule has 8 nitrogen and oxygen atoms in total. The highest BCUT2D eigenvalue weighted by molar-refractivity contribution is 5.96. The molecule has 0 aromatic carbocycles. The third-order valence-electron chi connectivity index (χ3n) is 5.27. The van der Waals surface area contributed by atoms with Crippen molar-refractivity contribution in [3.8, 4) is 5.88 Å². The molecule has 1 atom stereocenters. The zero-order valence-electron chi connectivity index (χ0n) is 15.9. The van der Waals surface area contributed by atoms with Crippen LogP contribution in [-0.2, 0) is 6.54 Å². The van der Waals surface area contributed by atoms with Crippen LogP contribution in [0.1, 0.15) is 61.5 Å². The Morgan fingerprint density at radius 3 is 2.81 bits per heavy atom. The highest BCUT2D eigenvalue weighted by Gasteiger charge is 2.30. The minimum Gasteiger partial charge on any atom is -0.492 e. The molecule has 1 saturated carbocycles. The van der Waals surface area contributed by atoms with Crippen LogP contribution in [0.25, 0.3) is 5.65 Å². The van der Waals surface area contributed by atoms with Crippen molar-refractivity contribution in [3.63, 3.8) is 0 Å². The molecule has 2 aromatic heterocycles. The molecule has 2 aliphatic rings. The summed E-state index contributed by atoms with van der Waals surface area (Å²) in [5, 5.41) is 21.5. The predicted octanol–water partition coefficient (Wildman–Crippen LogP) is 1.22. The summed E-state index contributed by atoms with van der Waals surface area (Å²) < 4.78 is 2.93. The predicted molar refractivity (Wildman–Crippen MR) is 101 cm³/mol. The Morgan fingerprint density at radius 1 is 1.41 bits per heavy atom. The van der Waals surface area contributed by atoms with Gasteiger partial charge in [0.15, 0.2) is 5.56 Å². The number of amides is 1. The molecule has 1 aliphatic carbocycles. The van der Waals surface area contributed by atoms with Gasteiger partial charge in [0, 0.05) is 31.1 Å². The van der Waals surface area contributed by atoms with Crippen molar-refractivity contribution in [1.29, 1.82) is 0 Å². The van der Waals surface area contributed by atoms with Crippen molar-refractivity contribution < 1.29 is 9.90 Å². The molecule has 2 aromatic rings. The van der Waals surface area contributed by atoms with Crippen LogP contribution in [0.15, 0.2) is 10.9 Å². The van der Waals surface area contributed by atoms with Gasteiger partial charge in [-0.05, 0) is 38.1 Å². The fourth-order valence-corrected chi connectivity index (χ4v) is 3.71. The second kappa shape index (κ2) is 6.99. The van der Waals surface area contributed by atoms with Crippen molar-refractivity contribution in [2.45, 2.75) is 58.0 Å². The molecule has 1 unspecified atom stereocenters. The molecule has 1 amide bonds. The Morgan fingerprint density at radius 2 is 2.19 bits per heavy atom. The van der Waals surface area contributed by atoms with E-state index in [2.05, 4.69) is 15.7 Å². The van der Waals surface area contributed by atoms with Gasteiger partial charge in [-0.15, -0.1) is 0 Å². The van der Waals surface area contributed by atoms with E-state index in [-0.39, 0.29) is 29.3 Å². The molecule has 1 saturated heterocycles. The molecule has 3 N–H and O–H groups in total. The van der Waals surface area contributed by atoms with Gasteiger partial charge in [-0.2, -0.15) is 9.61 Å². The lowest BCUT2D eigenvalue weighted by molar-refractivity contribution is 0.0944. The van der Waals surface area contributed by atoms with E-state index in [1.165, 1.54) is 4.52 Å². The Labute approximate surface area is 157 Å². The molecule has 3 heterocycles. The number of aromatic hydroxyl groups is 1. The molecular weight excluding hydrogens is 346 g/mol. The van der Waals surface area contributed by atoms with Crippen LogP contribution >= 0.6 is 0 Å². The van der Waals surface area contributed by atoms with Crippen molar-refractivity contribution in [2.24, 2.45) is 5.92 Å². The molecule has 0 radical (unpaired) electrons. The first-order valence-corrected chi connectivity index (χ1v) is 9.82. The summed E-state index contributed by atoms with van der Waals surface area (Å²) in [7, 11) is 0. The van der Waals surface area contributed by atoms with Gasteiger partial charge in [-0.1, -0.05) is 13.8 Å². The van der Waals surface area contributed by atoms with E-state index in [0.29, 0.717) is 12.2 Å². The number of nitrogens with one attached hydrogen (secondary N) is 2. The lowest BCUT2D eigenvalue weighted by atomic mass is 9.96. The number of rotatable bonds is 5. The number of carbonyl (C=O) groups is 1. The zero-order chi connectivity index (χ0) is 19.1. The summed E-state index contributed by atoms with van der Waals surface area (Å²) in [6.07, 6.45) is 3.91. The van der Waals surface area contributed by atoms with Gasteiger partial charge in [0.25, 0.3) is 11.5 Å². The van der Waals surface area contributed by atoms with Gasteiger partial charge in [0.05, 0.1) is 5.69 Å². The average molecular weight is 373 g/mol. The van der Waals surface area contributed by atoms with Crippen LogP contribution in [0.2, 0.25) is 0 Å². The molecule has 8 heteroatoms. The van der Waals surface area contributed by atoms with Crippen molar-refractivity contribution in [1.82, 2.24) is 24.8 Å². The first-order chi connectivity index (χ1) is 13.0. The third-order valence-corrected chi connectivity index (χ3v) is 5.27. The summed E-state index contributed by atoms with van der Waals surface area (Å²) in [6, 6.07) is 1.98. The van der Waals surface area contributed by atoms with Crippen LogP contribution in [-0.4, -0.2) is 44.3 Å². The summed E-state index contributed by atoms with van der Waals surface area (Å²) in [5.41, 5.74) is 0.704. The van der Waals surface area contributed by atoms with E-state index in [1.807, 2.05) is 19.9 Å². The van der Waals surface area contributed by atoms with E-state index >= 15 is 0 Å². The maximum Gasteiger partial charge on any atom is 0.270 e. The smallest absolute Gasteiger partial charge is 0.270 e. The van der Waals surface area contributed by atoms with E-state index in [1.54, 1.807) is 4.57 Å². The molecule has 0 spiro atoms. The van der Waals surface area contributed by atoms with E-state index in [4.69, 9.17) is 0 Å². The number of piperidine rings is 1. The lowest BCUT2D eigenvalue weighted by Gasteiger charge is -2.20. The van der Waals surface area contributed by atoms with Gasteiger partial charge < -0.3 is 15.7 Å². The third kappa shape index (κ3) is 3.45. The Balaban J connectivity index is 1.85. The first kappa shape index (κ1) is 18.0. The van der Waals surface area contributed by atoms with Gasteiger partial charge in [-0.3, -0.25) is 14.2 Å². The van der Waals surface area contributed by atoms with Crippen LogP contribution < -0.4 is 16.2 Å². The monoisotopic (exact) mass is 373 g/mol. The van der Waals surface area contributed by atoms with Gasteiger partial charge in [0.1, 0.15) is 5.65 Å². The average Bonchev–Trinajstić information content (AvgIpc) is 3.33. The summed E-state index contributed by atoms with van der Waals surface area (Å²) in [4.78, 5) is 25.6. The van der Waals surface area contributed by atoms with Crippen LogP contribution in [0.4, 0.5) is 0 Å². The molecule has 4 rings (SSSR count). The first-order valence-electron chi connectivity index (χ1n) is 9.82.